The first-order valence-corrected chi connectivity index (χ1v) is 7.49. The molecule has 0 spiro atoms. The van der Waals surface area contributed by atoms with E-state index in [2.05, 4.69) is 35.3 Å². The van der Waals surface area contributed by atoms with Crippen LogP contribution in [0.5, 0.6) is 0 Å². The summed E-state index contributed by atoms with van der Waals surface area (Å²) in [6, 6.07) is 20.0. The molecule has 0 fully saturated rings. The maximum Gasteiger partial charge on any atom is 0.201 e. The Balaban J connectivity index is 1.80. The van der Waals surface area contributed by atoms with Gasteiger partial charge in [-0.2, -0.15) is 0 Å². The molecule has 0 aromatic heterocycles. The lowest BCUT2D eigenvalue weighted by Crippen LogP contribution is -2.34. The monoisotopic (exact) mass is 307 g/mol. The molecule has 3 nitrogen and oxygen atoms in total. The van der Waals surface area contributed by atoms with E-state index < -0.39 is 0 Å². The van der Waals surface area contributed by atoms with Crippen molar-refractivity contribution in [3.8, 4) is 0 Å². The second kappa shape index (κ2) is 5.04. The van der Waals surface area contributed by atoms with Crippen molar-refractivity contribution < 1.29 is 0 Å². The average molecular weight is 308 g/mol. The topological polar surface area (TPSA) is 41.6 Å². The van der Waals surface area contributed by atoms with Crippen LogP contribution in [0, 0.1) is 0 Å². The van der Waals surface area contributed by atoms with Gasteiger partial charge in [-0.3, -0.25) is 0 Å². The lowest BCUT2D eigenvalue weighted by molar-refractivity contribution is 1.04. The minimum Gasteiger partial charge on any atom is -0.369 e. The molecular weight excluding hydrogens is 294 g/mol. The Morgan fingerprint density at radius 3 is 2.59 bits per heavy atom. The molecule has 4 heteroatoms. The van der Waals surface area contributed by atoms with Gasteiger partial charge in [0, 0.05) is 5.39 Å². The van der Waals surface area contributed by atoms with E-state index >= 15 is 0 Å². The maximum atomic E-state index is 6.25. The van der Waals surface area contributed by atoms with Crippen LogP contribution < -0.4 is 10.6 Å². The highest BCUT2D eigenvalue weighted by atomic mass is 35.5. The smallest absolute Gasteiger partial charge is 0.201 e. The number of benzene rings is 3. The highest BCUT2D eigenvalue weighted by Crippen LogP contribution is 2.37. The lowest BCUT2D eigenvalue weighted by Gasteiger charge is -2.18. The molecule has 0 amide bonds. The summed E-state index contributed by atoms with van der Waals surface area (Å²) in [6.07, 6.45) is 0. The van der Waals surface area contributed by atoms with E-state index in [0.29, 0.717) is 16.7 Å². The van der Waals surface area contributed by atoms with Crippen molar-refractivity contribution in [2.45, 2.75) is 6.54 Å². The fourth-order valence-corrected chi connectivity index (χ4v) is 3.12. The van der Waals surface area contributed by atoms with E-state index in [1.165, 1.54) is 16.3 Å². The van der Waals surface area contributed by atoms with Crippen molar-refractivity contribution in [2.24, 2.45) is 10.7 Å². The van der Waals surface area contributed by atoms with Crippen LogP contribution in [0.2, 0.25) is 5.02 Å². The predicted molar refractivity (Wildman–Crippen MR) is 92.9 cm³/mol. The molecule has 4 rings (SSSR count). The molecule has 3 aromatic carbocycles. The molecule has 3 aromatic rings. The fourth-order valence-electron chi connectivity index (χ4n) is 2.94. The van der Waals surface area contributed by atoms with Gasteiger partial charge in [-0.15, -0.1) is 0 Å². The normalized spacial score (nSPS) is 13.9. The molecule has 0 radical (unpaired) electrons. The number of halogens is 1. The van der Waals surface area contributed by atoms with Gasteiger partial charge in [0.1, 0.15) is 0 Å². The molecule has 0 atom stereocenters. The zero-order valence-electron chi connectivity index (χ0n) is 11.8. The van der Waals surface area contributed by atoms with Gasteiger partial charge in [-0.1, -0.05) is 54.1 Å². The number of aliphatic imine (C=N–C) groups is 1. The molecule has 2 N–H and O–H groups in total. The molecule has 0 aliphatic carbocycles. The van der Waals surface area contributed by atoms with Crippen molar-refractivity contribution in [1.82, 2.24) is 0 Å². The summed E-state index contributed by atoms with van der Waals surface area (Å²) in [4.78, 5) is 6.53. The van der Waals surface area contributed by atoms with E-state index in [0.717, 1.165) is 12.2 Å². The molecule has 0 saturated carbocycles. The molecule has 0 unspecified atom stereocenters. The van der Waals surface area contributed by atoms with Gasteiger partial charge in [0.05, 0.1) is 22.9 Å². The van der Waals surface area contributed by atoms with Gasteiger partial charge in [0.15, 0.2) is 0 Å². The summed E-state index contributed by atoms with van der Waals surface area (Å²) in [5.74, 6) is 0.455. The average Bonchev–Trinajstić information content (AvgIpc) is 2.91. The number of guanidine groups is 1. The predicted octanol–water partition coefficient (Wildman–Crippen LogP) is 4.46. The first kappa shape index (κ1) is 13.2. The molecule has 108 valence electrons. The maximum absolute atomic E-state index is 6.25. The molecule has 1 aliphatic heterocycles. The van der Waals surface area contributed by atoms with E-state index in [-0.39, 0.29) is 0 Å². The third kappa shape index (κ3) is 2.02. The van der Waals surface area contributed by atoms with Gasteiger partial charge >= 0.3 is 0 Å². The second-order valence-electron chi connectivity index (χ2n) is 5.30. The standard InChI is InChI=1S/C18H14ClN3/c19-14-8-1-2-9-15(14)21-18(20)22-11-13-7-3-5-12-6-4-10-16(22)17(12)13/h1-10H,11H2,(H2,20,21). The van der Waals surface area contributed by atoms with Crippen molar-refractivity contribution in [3.05, 3.63) is 71.2 Å². The van der Waals surface area contributed by atoms with Crippen LogP contribution in [0.3, 0.4) is 0 Å². The van der Waals surface area contributed by atoms with Gasteiger partial charge in [-0.05, 0) is 29.1 Å². The van der Waals surface area contributed by atoms with Gasteiger partial charge < -0.3 is 10.6 Å². The van der Waals surface area contributed by atoms with Crippen molar-refractivity contribution >= 4 is 39.7 Å². The summed E-state index contributed by atoms with van der Waals surface area (Å²) in [6.45, 7) is 0.733. The Morgan fingerprint density at radius 1 is 1.00 bits per heavy atom. The van der Waals surface area contributed by atoms with Crippen molar-refractivity contribution in [1.29, 1.82) is 0 Å². The highest BCUT2D eigenvalue weighted by molar-refractivity contribution is 6.33. The third-order valence-corrected chi connectivity index (χ3v) is 4.27. The molecular formula is C18H14ClN3. The van der Waals surface area contributed by atoms with Crippen LogP contribution in [0.15, 0.2) is 65.7 Å². The van der Waals surface area contributed by atoms with E-state index in [1.54, 1.807) is 0 Å². The number of para-hydroxylation sites is 1. The number of nitrogens with two attached hydrogens (primary N) is 1. The number of rotatable bonds is 1. The van der Waals surface area contributed by atoms with Crippen molar-refractivity contribution in [2.75, 3.05) is 4.90 Å². The van der Waals surface area contributed by atoms with Crippen LogP contribution >= 0.6 is 11.6 Å². The summed E-state index contributed by atoms with van der Waals surface area (Å²) in [7, 11) is 0. The first-order valence-electron chi connectivity index (χ1n) is 7.11. The number of nitrogens with zero attached hydrogens (tertiary/aromatic N) is 2. The third-order valence-electron chi connectivity index (χ3n) is 3.95. The first-order chi connectivity index (χ1) is 10.7. The Hall–Kier alpha value is -2.52. The zero-order chi connectivity index (χ0) is 15.1. The minimum absolute atomic E-state index is 0.455. The Morgan fingerprint density at radius 2 is 1.77 bits per heavy atom. The number of hydrogen-bond donors (Lipinski definition) is 1. The van der Waals surface area contributed by atoms with Crippen molar-refractivity contribution in [3.63, 3.8) is 0 Å². The van der Waals surface area contributed by atoms with Crippen LogP contribution in [-0.2, 0) is 6.54 Å². The molecule has 1 heterocycles. The number of hydrogen-bond acceptors (Lipinski definition) is 1. The molecule has 1 aliphatic rings. The lowest BCUT2D eigenvalue weighted by atomic mass is 10.1. The van der Waals surface area contributed by atoms with Crippen LogP contribution in [0.1, 0.15) is 5.56 Å². The quantitative estimate of drug-likeness (QED) is 0.533. The van der Waals surface area contributed by atoms with Gasteiger partial charge in [0.25, 0.3) is 0 Å². The Kier molecular flexibility index (Phi) is 3.01. The largest absolute Gasteiger partial charge is 0.369 e. The highest BCUT2D eigenvalue weighted by Gasteiger charge is 2.23. The van der Waals surface area contributed by atoms with Crippen LogP contribution in [0.25, 0.3) is 10.8 Å². The molecule has 0 saturated heterocycles. The van der Waals surface area contributed by atoms with E-state index in [4.69, 9.17) is 17.3 Å². The SMILES string of the molecule is NC(=Nc1ccccc1Cl)N1Cc2cccc3cccc1c23. The van der Waals surface area contributed by atoms with E-state index in [9.17, 15) is 0 Å². The van der Waals surface area contributed by atoms with Gasteiger partial charge in [-0.25, -0.2) is 4.99 Å². The van der Waals surface area contributed by atoms with Crippen LogP contribution in [0.4, 0.5) is 11.4 Å². The minimum atomic E-state index is 0.455. The fraction of sp³-hybridized carbons (Fsp3) is 0.0556. The summed E-state index contributed by atoms with van der Waals surface area (Å²) in [5, 5.41) is 3.07. The van der Waals surface area contributed by atoms with Crippen LogP contribution in [-0.4, -0.2) is 5.96 Å². The Bertz CT molecular complexity index is 896. The van der Waals surface area contributed by atoms with Gasteiger partial charge in [0.2, 0.25) is 5.96 Å². The Labute approximate surface area is 133 Å². The molecule has 22 heavy (non-hydrogen) atoms. The zero-order valence-corrected chi connectivity index (χ0v) is 12.6. The summed E-state index contributed by atoms with van der Waals surface area (Å²) in [5.41, 5.74) is 9.30. The number of anilines is 1. The summed E-state index contributed by atoms with van der Waals surface area (Å²) >= 11 is 6.16. The summed E-state index contributed by atoms with van der Waals surface area (Å²) < 4.78 is 0. The molecule has 0 bridgehead atoms. The second-order valence-corrected chi connectivity index (χ2v) is 5.71. The van der Waals surface area contributed by atoms with E-state index in [1.807, 2.05) is 35.2 Å².